The highest BCUT2D eigenvalue weighted by Gasteiger charge is 2.45. The second-order valence-electron chi connectivity index (χ2n) is 4.27. The average molecular weight is 220 g/mol. The van der Waals surface area contributed by atoms with Crippen molar-refractivity contribution in [2.75, 3.05) is 0 Å². The van der Waals surface area contributed by atoms with E-state index in [1.165, 1.54) is 12.1 Å². The Morgan fingerprint density at radius 2 is 1.81 bits per heavy atom. The van der Waals surface area contributed by atoms with Crippen LogP contribution in [0, 0.1) is 5.82 Å². The molecule has 1 aromatic carbocycles. The van der Waals surface area contributed by atoms with Crippen molar-refractivity contribution in [3.8, 4) is 0 Å². The Kier molecular flexibility index (Phi) is 2.66. The molecule has 2 heteroatoms. The molecule has 0 N–H and O–H groups in total. The lowest BCUT2D eigenvalue weighted by Gasteiger charge is -1.97. The fourth-order valence-corrected chi connectivity index (χ4v) is 1.74. The number of halogens is 2. The molecule has 84 valence electrons. The molecule has 2 rings (SSSR count). The maximum absolute atomic E-state index is 13.5. The number of alkyl halides is 1. The second kappa shape index (κ2) is 3.85. The lowest BCUT2D eigenvalue weighted by atomic mass is 10.1. The summed E-state index contributed by atoms with van der Waals surface area (Å²) in [5.41, 5.74) is 1.41. The van der Waals surface area contributed by atoms with Gasteiger partial charge in [0.25, 0.3) is 0 Å². The van der Waals surface area contributed by atoms with Crippen LogP contribution >= 0.6 is 0 Å². The molecule has 0 aliphatic heterocycles. The van der Waals surface area contributed by atoms with Gasteiger partial charge < -0.3 is 0 Å². The van der Waals surface area contributed by atoms with E-state index in [0.717, 1.165) is 16.7 Å². The van der Waals surface area contributed by atoms with Gasteiger partial charge in [0.15, 0.2) is 5.67 Å². The Morgan fingerprint density at radius 1 is 1.25 bits per heavy atom. The van der Waals surface area contributed by atoms with Crippen LogP contribution in [-0.2, 0) is 6.42 Å². The highest BCUT2D eigenvalue weighted by atomic mass is 19.1. The van der Waals surface area contributed by atoms with Gasteiger partial charge in [0, 0.05) is 0 Å². The first kappa shape index (κ1) is 11.1. The lowest BCUT2D eigenvalue weighted by molar-refractivity contribution is 0.357. The van der Waals surface area contributed by atoms with E-state index in [1.54, 1.807) is 26.0 Å². The third-order valence-electron chi connectivity index (χ3n) is 3.10. The standard InChI is InChI=1S/C14H14F2/c1-10-13(14(10,2)16)5-3-4-11-6-8-12(15)9-7-11/h3,5-9H,4H2,1-2H3/b5-3-. The van der Waals surface area contributed by atoms with E-state index in [4.69, 9.17) is 0 Å². The van der Waals surface area contributed by atoms with Gasteiger partial charge in [-0.25, -0.2) is 8.78 Å². The molecule has 0 saturated carbocycles. The fourth-order valence-electron chi connectivity index (χ4n) is 1.74. The van der Waals surface area contributed by atoms with Crippen molar-refractivity contribution in [3.63, 3.8) is 0 Å². The summed E-state index contributed by atoms with van der Waals surface area (Å²) in [5.74, 6) is -0.232. The molecule has 0 aromatic heterocycles. The second-order valence-corrected chi connectivity index (χ2v) is 4.27. The molecular weight excluding hydrogens is 206 g/mol. The van der Waals surface area contributed by atoms with Gasteiger partial charge in [-0.3, -0.25) is 0 Å². The number of rotatable bonds is 3. The molecule has 1 aromatic rings. The molecule has 1 atom stereocenters. The lowest BCUT2D eigenvalue weighted by Crippen LogP contribution is -1.97. The average Bonchev–Trinajstić information content (AvgIpc) is 2.71. The normalized spacial score (nSPS) is 24.2. The Hall–Kier alpha value is -1.44. The van der Waals surface area contributed by atoms with E-state index >= 15 is 0 Å². The van der Waals surface area contributed by atoms with Crippen molar-refractivity contribution >= 4 is 0 Å². The van der Waals surface area contributed by atoms with E-state index in [-0.39, 0.29) is 5.82 Å². The van der Waals surface area contributed by atoms with Gasteiger partial charge in [0.2, 0.25) is 0 Å². The van der Waals surface area contributed by atoms with Gasteiger partial charge in [-0.05, 0) is 49.1 Å². The van der Waals surface area contributed by atoms with E-state index in [2.05, 4.69) is 0 Å². The quantitative estimate of drug-likeness (QED) is 0.722. The van der Waals surface area contributed by atoms with E-state index in [9.17, 15) is 8.78 Å². The van der Waals surface area contributed by atoms with Crippen LogP contribution in [0.1, 0.15) is 19.4 Å². The number of benzene rings is 1. The number of hydrogen-bond donors (Lipinski definition) is 0. The Balaban J connectivity index is 1.94. The molecule has 0 fully saturated rings. The highest BCUT2D eigenvalue weighted by molar-refractivity contribution is 5.56. The summed E-state index contributed by atoms with van der Waals surface area (Å²) < 4.78 is 26.1. The molecule has 0 spiro atoms. The summed E-state index contributed by atoms with van der Waals surface area (Å²) in [4.78, 5) is 0. The van der Waals surface area contributed by atoms with Crippen molar-refractivity contribution in [1.82, 2.24) is 0 Å². The zero-order chi connectivity index (χ0) is 11.8. The summed E-state index contributed by atoms with van der Waals surface area (Å²) in [6.07, 6.45) is 4.43. The van der Waals surface area contributed by atoms with Crippen molar-refractivity contribution in [3.05, 3.63) is 58.9 Å². The maximum Gasteiger partial charge on any atom is 0.154 e. The van der Waals surface area contributed by atoms with Crippen LogP contribution in [0.15, 0.2) is 47.6 Å². The molecule has 16 heavy (non-hydrogen) atoms. The summed E-state index contributed by atoms with van der Waals surface area (Å²) in [7, 11) is 0. The molecule has 0 nitrogen and oxygen atoms in total. The van der Waals surface area contributed by atoms with Crippen LogP contribution in [0.3, 0.4) is 0 Å². The van der Waals surface area contributed by atoms with Crippen LogP contribution in [0.4, 0.5) is 8.78 Å². The predicted octanol–water partition coefficient (Wildman–Crippen LogP) is 3.98. The molecule has 0 radical (unpaired) electrons. The monoisotopic (exact) mass is 220 g/mol. The van der Waals surface area contributed by atoms with Crippen LogP contribution in [0.5, 0.6) is 0 Å². The minimum absolute atomic E-state index is 0.232. The number of hydrogen-bond acceptors (Lipinski definition) is 0. The van der Waals surface area contributed by atoms with Crippen molar-refractivity contribution < 1.29 is 8.78 Å². The van der Waals surface area contributed by atoms with Gasteiger partial charge in [-0.2, -0.15) is 0 Å². The summed E-state index contributed by atoms with van der Waals surface area (Å²) in [5, 5.41) is 0. The molecule has 0 saturated heterocycles. The Bertz CT molecular complexity index is 450. The zero-order valence-electron chi connectivity index (χ0n) is 9.43. The third kappa shape index (κ3) is 2.06. The fraction of sp³-hybridized carbons (Fsp3) is 0.286. The van der Waals surface area contributed by atoms with E-state index < -0.39 is 5.67 Å². The first-order valence-electron chi connectivity index (χ1n) is 5.33. The first-order chi connectivity index (χ1) is 7.51. The summed E-state index contributed by atoms with van der Waals surface area (Å²) in [6.45, 7) is 3.37. The van der Waals surface area contributed by atoms with Crippen LogP contribution in [0.2, 0.25) is 0 Å². The molecule has 1 unspecified atom stereocenters. The van der Waals surface area contributed by atoms with Gasteiger partial charge in [-0.1, -0.05) is 24.3 Å². The SMILES string of the molecule is CC1=C(/C=C\Cc2ccc(F)cc2)C1(C)F. The maximum atomic E-state index is 13.5. The Morgan fingerprint density at radius 3 is 2.31 bits per heavy atom. The van der Waals surface area contributed by atoms with Gasteiger partial charge in [-0.15, -0.1) is 0 Å². The van der Waals surface area contributed by atoms with E-state index in [0.29, 0.717) is 6.42 Å². The molecule has 0 amide bonds. The summed E-state index contributed by atoms with van der Waals surface area (Å²) >= 11 is 0. The predicted molar refractivity (Wildman–Crippen MR) is 61.5 cm³/mol. The minimum Gasteiger partial charge on any atom is -0.234 e. The molecular formula is C14H14F2. The molecule has 0 bridgehead atoms. The highest BCUT2D eigenvalue weighted by Crippen LogP contribution is 2.47. The first-order valence-corrected chi connectivity index (χ1v) is 5.33. The van der Waals surface area contributed by atoms with Crippen LogP contribution in [0.25, 0.3) is 0 Å². The Labute approximate surface area is 94.3 Å². The van der Waals surface area contributed by atoms with Crippen molar-refractivity contribution in [2.24, 2.45) is 0 Å². The largest absolute Gasteiger partial charge is 0.234 e. The van der Waals surface area contributed by atoms with Crippen LogP contribution in [-0.4, -0.2) is 5.67 Å². The smallest absolute Gasteiger partial charge is 0.154 e. The number of allylic oxidation sites excluding steroid dienone is 4. The van der Waals surface area contributed by atoms with Crippen molar-refractivity contribution in [2.45, 2.75) is 25.9 Å². The zero-order valence-corrected chi connectivity index (χ0v) is 9.43. The molecule has 0 heterocycles. The topological polar surface area (TPSA) is 0 Å². The van der Waals surface area contributed by atoms with Crippen LogP contribution < -0.4 is 0 Å². The van der Waals surface area contributed by atoms with Gasteiger partial charge in [0.1, 0.15) is 5.82 Å². The third-order valence-corrected chi connectivity index (χ3v) is 3.10. The summed E-state index contributed by atoms with van der Waals surface area (Å²) in [6, 6.07) is 6.35. The molecule has 1 aliphatic rings. The minimum atomic E-state index is -1.20. The van der Waals surface area contributed by atoms with E-state index in [1.807, 2.05) is 12.2 Å². The van der Waals surface area contributed by atoms with Gasteiger partial charge >= 0.3 is 0 Å². The van der Waals surface area contributed by atoms with Gasteiger partial charge in [0.05, 0.1) is 0 Å². The van der Waals surface area contributed by atoms with Crippen molar-refractivity contribution in [1.29, 1.82) is 0 Å². The molecule has 1 aliphatic carbocycles.